The van der Waals surface area contributed by atoms with Gasteiger partial charge >= 0.3 is 6.09 Å². The van der Waals surface area contributed by atoms with Crippen LogP contribution < -0.4 is 15.4 Å². The summed E-state index contributed by atoms with van der Waals surface area (Å²) in [6.07, 6.45) is 4.30. The van der Waals surface area contributed by atoms with Crippen LogP contribution in [0.15, 0.2) is 45.7 Å². The smallest absolute Gasteiger partial charge is 0.410 e. The summed E-state index contributed by atoms with van der Waals surface area (Å²) in [4.78, 5) is 36.9. The maximum Gasteiger partial charge on any atom is 0.410 e. The first-order valence-corrected chi connectivity index (χ1v) is 14.3. The Balaban J connectivity index is 1.33. The van der Waals surface area contributed by atoms with Gasteiger partial charge in [0.05, 0.1) is 23.1 Å². The van der Waals surface area contributed by atoms with E-state index in [-0.39, 0.29) is 11.7 Å². The van der Waals surface area contributed by atoms with Gasteiger partial charge in [-0.25, -0.2) is 4.79 Å². The van der Waals surface area contributed by atoms with Crippen molar-refractivity contribution < 1.29 is 9.53 Å². The molecule has 8 nitrogen and oxygen atoms in total. The average molecular weight is 581 g/mol. The van der Waals surface area contributed by atoms with E-state index in [1.54, 1.807) is 4.90 Å². The summed E-state index contributed by atoms with van der Waals surface area (Å²) in [5.41, 5.74) is 3.72. The molecule has 3 aliphatic rings. The fraction of sp³-hybridized carbons (Fsp3) is 0.483. The first-order valence-electron chi connectivity index (χ1n) is 13.5. The predicted molar refractivity (Wildman–Crippen MR) is 154 cm³/mol. The van der Waals surface area contributed by atoms with Gasteiger partial charge in [0.2, 0.25) is 5.95 Å². The summed E-state index contributed by atoms with van der Waals surface area (Å²) in [6.45, 7) is 9.09. The number of nitrogens with zero attached hydrogens (tertiary/aromatic N) is 5. The van der Waals surface area contributed by atoms with E-state index >= 15 is 0 Å². The zero-order valence-corrected chi connectivity index (χ0v) is 23.8. The molecular formula is C29H34BrN5O3. The molecule has 2 fully saturated rings. The number of carbonyl (C=O) groups is 1. The van der Waals surface area contributed by atoms with Crippen molar-refractivity contribution in [3.05, 3.63) is 56.8 Å². The van der Waals surface area contributed by atoms with Crippen LogP contribution in [0.1, 0.15) is 52.0 Å². The lowest BCUT2D eigenvalue weighted by molar-refractivity contribution is 0.0240. The highest BCUT2D eigenvalue weighted by atomic mass is 79.9. The summed E-state index contributed by atoms with van der Waals surface area (Å²) in [5.74, 6) is 0.742. The number of hydrogen-bond donors (Lipinski definition) is 0. The minimum Gasteiger partial charge on any atom is -0.444 e. The summed E-state index contributed by atoms with van der Waals surface area (Å²) >= 11 is 3.56. The number of aromatic nitrogens is 2. The molecular weight excluding hydrogens is 546 g/mol. The Morgan fingerprint density at radius 2 is 1.79 bits per heavy atom. The van der Waals surface area contributed by atoms with Gasteiger partial charge in [-0.15, -0.1) is 0 Å². The third kappa shape index (κ3) is 4.55. The zero-order valence-electron chi connectivity index (χ0n) is 22.2. The Kier molecular flexibility index (Phi) is 6.37. The average Bonchev–Trinajstić information content (AvgIpc) is 3.41. The number of fused-ring (bicyclic) bond motifs is 4. The lowest BCUT2D eigenvalue weighted by atomic mass is 10.0. The number of halogens is 1. The Morgan fingerprint density at radius 3 is 2.50 bits per heavy atom. The van der Waals surface area contributed by atoms with E-state index in [4.69, 9.17) is 4.74 Å². The molecule has 1 amide bonds. The van der Waals surface area contributed by atoms with Crippen molar-refractivity contribution in [2.45, 2.75) is 64.6 Å². The van der Waals surface area contributed by atoms with E-state index in [0.717, 1.165) is 53.2 Å². The standard InChI is InChI=1S/C29H34BrN5O3/c1-29(2,3)38-28(37)33-15-13-32(14-16-33)21-12-11-19-18-34-23-10-6-9-22(30)25(23)26(36)31-27(34)35(24(19)17-21)20-7-4-5-8-20/h6,9-12,17,20H,4-5,7-8,13-16,18H2,1-3H3. The van der Waals surface area contributed by atoms with Crippen LogP contribution in [0.3, 0.4) is 0 Å². The number of anilines is 3. The summed E-state index contributed by atoms with van der Waals surface area (Å²) in [5, 5.41) is 0.630. The van der Waals surface area contributed by atoms with Crippen molar-refractivity contribution in [1.82, 2.24) is 14.5 Å². The van der Waals surface area contributed by atoms with Crippen molar-refractivity contribution in [3.63, 3.8) is 0 Å². The molecule has 0 unspecified atom stereocenters. The van der Waals surface area contributed by atoms with Crippen LogP contribution in [0.4, 0.5) is 22.1 Å². The van der Waals surface area contributed by atoms with Crippen LogP contribution in [-0.4, -0.2) is 58.4 Å². The van der Waals surface area contributed by atoms with Crippen molar-refractivity contribution in [1.29, 1.82) is 0 Å². The van der Waals surface area contributed by atoms with Gasteiger partial charge in [-0.2, -0.15) is 4.98 Å². The molecule has 6 rings (SSSR count). The van der Waals surface area contributed by atoms with Crippen LogP contribution in [0.2, 0.25) is 0 Å². The van der Waals surface area contributed by atoms with Gasteiger partial charge in [-0.05, 0) is 79.4 Å². The minimum absolute atomic E-state index is 0.195. The highest BCUT2D eigenvalue weighted by Crippen LogP contribution is 2.42. The lowest BCUT2D eigenvalue weighted by Gasteiger charge is -2.40. The maximum absolute atomic E-state index is 13.2. The van der Waals surface area contributed by atoms with Gasteiger partial charge < -0.3 is 24.0 Å². The topological polar surface area (TPSA) is 70.9 Å². The molecule has 38 heavy (non-hydrogen) atoms. The van der Waals surface area contributed by atoms with Gasteiger partial charge in [0.1, 0.15) is 5.60 Å². The van der Waals surface area contributed by atoms with Crippen molar-refractivity contribution in [3.8, 4) is 0 Å². The predicted octanol–water partition coefficient (Wildman–Crippen LogP) is 5.66. The molecule has 0 bridgehead atoms. The maximum atomic E-state index is 13.2. The number of carbonyl (C=O) groups excluding carboxylic acids is 1. The molecule has 0 radical (unpaired) electrons. The number of hydrogen-bond acceptors (Lipinski definition) is 6. The molecule has 1 saturated heterocycles. The van der Waals surface area contributed by atoms with E-state index in [1.807, 2.05) is 39.0 Å². The molecule has 2 aromatic carbocycles. The second-order valence-corrected chi connectivity index (χ2v) is 12.4. The lowest BCUT2D eigenvalue weighted by Crippen LogP contribution is -2.50. The molecule has 1 aromatic heterocycles. The van der Waals surface area contributed by atoms with Gasteiger partial charge in [0.15, 0.2) is 0 Å². The zero-order chi connectivity index (χ0) is 26.6. The quantitative estimate of drug-likeness (QED) is 0.390. The fourth-order valence-corrected chi connectivity index (χ4v) is 6.51. The molecule has 0 spiro atoms. The van der Waals surface area contributed by atoms with Crippen LogP contribution in [0, 0.1) is 0 Å². The van der Waals surface area contributed by atoms with Crippen LogP contribution >= 0.6 is 15.9 Å². The molecule has 1 aliphatic carbocycles. The number of piperazine rings is 1. The van der Waals surface area contributed by atoms with E-state index in [2.05, 4.69) is 53.5 Å². The number of rotatable bonds is 2. The minimum atomic E-state index is -0.496. The van der Waals surface area contributed by atoms with E-state index in [0.29, 0.717) is 31.1 Å². The first kappa shape index (κ1) is 25.2. The summed E-state index contributed by atoms with van der Waals surface area (Å²) < 4.78 is 8.54. The first-order chi connectivity index (χ1) is 18.2. The fourth-order valence-electron chi connectivity index (χ4n) is 5.99. The molecule has 1 saturated carbocycles. The Labute approximate surface area is 231 Å². The van der Waals surface area contributed by atoms with Gasteiger partial charge in [-0.1, -0.05) is 25.0 Å². The van der Waals surface area contributed by atoms with Gasteiger partial charge in [-0.3, -0.25) is 4.79 Å². The number of ether oxygens (including phenoxy) is 1. The van der Waals surface area contributed by atoms with Crippen molar-refractivity contribution >= 4 is 50.2 Å². The molecule has 3 heterocycles. The highest BCUT2D eigenvalue weighted by Gasteiger charge is 2.34. The highest BCUT2D eigenvalue weighted by molar-refractivity contribution is 9.10. The largest absolute Gasteiger partial charge is 0.444 e. The molecule has 2 aliphatic heterocycles. The van der Waals surface area contributed by atoms with Gasteiger partial charge in [0.25, 0.3) is 5.56 Å². The van der Waals surface area contributed by atoms with Crippen LogP contribution in [0.5, 0.6) is 0 Å². The molecule has 0 N–H and O–H groups in total. The van der Waals surface area contributed by atoms with E-state index in [9.17, 15) is 9.59 Å². The summed E-state index contributed by atoms with van der Waals surface area (Å²) in [7, 11) is 0. The Morgan fingerprint density at radius 1 is 1.05 bits per heavy atom. The van der Waals surface area contributed by atoms with Crippen molar-refractivity contribution in [2.24, 2.45) is 0 Å². The molecule has 3 aromatic rings. The van der Waals surface area contributed by atoms with Crippen molar-refractivity contribution in [2.75, 3.05) is 36.0 Å². The van der Waals surface area contributed by atoms with Gasteiger partial charge in [0, 0.05) is 42.4 Å². The monoisotopic (exact) mass is 579 g/mol. The molecule has 9 heteroatoms. The second kappa shape index (κ2) is 9.59. The number of benzene rings is 2. The number of amides is 1. The summed E-state index contributed by atoms with van der Waals surface area (Å²) in [6, 6.07) is 12.9. The Bertz CT molecular complexity index is 1450. The SMILES string of the molecule is CC(C)(C)OC(=O)N1CCN(c2ccc3c(c2)N(C2CCCC2)c2nc(=O)c4c(Br)cccc4n2C3)CC1. The second-order valence-electron chi connectivity index (χ2n) is 11.5. The third-order valence-corrected chi connectivity index (χ3v) is 8.46. The molecule has 0 atom stereocenters. The van der Waals surface area contributed by atoms with E-state index < -0.39 is 5.60 Å². The normalized spacial score (nSPS) is 18.1. The molecule has 200 valence electrons. The Hall–Kier alpha value is -3.07. The third-order valence-electron chi connectivity index (χ3n) is 7.80. The van der Waals surface area contributed by atoms with Crippen LogP contribution in [-0.2, 0) is 11.3 Å². The van der Waals surface area contributed by atoms with E-state index in [1.165, 1.54) is 18.4 Å². The van der Waals surface area contributed by atoms with Crippen LogP contribution in [0.25, 0.3) is 10.9 Å².